The first-order valence-electron chi connectivity index (χ1n) is 7.41. The molecule has 2 aromatic carbocycles. The van der Waals surface area contributed by atoms with Crippen molar-refractivity contribution in [3.63, 3.8) is 0 Å². The van der Waals surface area contributed by atoms with Crippen molar-refractivity contribution in [3.8, 4) is 11.5 Å². The van der Waals surface area contributed by atoms with Crippen LogP contribution in [0, 0.1) is 5.92 Å². The van der Waals surface area contributed by atoms with E-state index in [0.717, 1.165) is 11.5 Å². The Hall–Kier alpha value is -1.80. The molecule has 1 unspecified atom stereocenters. The molecule has 2 nitrogen and oxygen atoms in total. The molecular formula is C18H21NO. The minimum Gasteiger partial charge on any atom is -0.457 e. The fourth-order valence-electron chi connectivity index (χ4n) is 2.97. The number of ether oxygens (including phenoxy) is 1. The molecule has 1 aliphatic carbocycles. The van der Waals surface area contributed by atoms with E-state index in [4.69, 9.17) is 10.5 Å². The fourth-order valence-corrected chi connectivity index (χ4v) is 2.97. The van der Waals surface area contributed by atoms with E-state index in [2.05, 4.69) is 12.1 Å². The maximum absolute atomic E-state index is 6.36. The molecule has 2 aromatic rings. The van der Waals surface area contributed by atoms with E-state index in [0.29, 0.717) is 5.92 Å². The minimum atomic E-state index is 0.170. The zero-order chi connectivity index (χ0) is 13.8. The molecule has 0 aromatic heterocycles. The quantitative estimate of drug-likeness (QED) is 0.873. The number of rotatable bonds is 4. The highest BCUT2D eigenvalue weighted by atomic mass is 16.5. The largest absolute Gasteiger partial charge is 0.457 e. The first-order valence-corrected chi connectivity index (χ1v) is 7.41. The lowest BCUT2D eigenvalue weighted by Crippen LogP contribution is -2.18. The predicted octanol–water partition coefficient (Wildman–Crippen LogP) is 4.67. The molecule has 0 aliphatic heterocycles. The number of hydrogen-bond acceptors (Lipinski definition) is 2. The van der Waals surface area contributed by atoms with Gasteiger partial charge in [0.2, 0.25) is 0 Å². The van der Waals surface area contributed by atoms with Crippen LogP contribution in [-0.4, -0.2) is 0 Å². The fraction of sp³-hybridized carbons (Fsp3) is 0.333. The van der Waals surface area contributed by atoms with Crippen LogP contribution >= 0.6 is 0 Å². The van der Waals surface area contributed by atoms with Crippen LogP contribution < -0.4 is 10.5 Å². The van der Waals surface area contributed by atoms with Crippen LogP contribution in [-0.2, 0) is 0 Å². The average molecular weight is 267 g/mol. The van der Waals surface area contributed by atoms with Gasteiger partial charge in [-0.2, -0.15) is 0 Å². The van der Waals surface area contributed by atoms with Gasteiger partial charge in [-0.15, -0.1) is 0 Å². The summed E-state index contributed by atoms with van der Waals surface area (Å²) in [5, 5.41) is 0. The van der Waals surface area contributed by atoms with Crippen molar-refractivity contribution in [2.24, 2.45) is 11.7 Å². The van der Waals surface area contributed by atoms with Crippen molar-refractivity contribution in [2.45, 2.75) is 31.7 Å². The summed E-state index contributed by atoms with van der Waals surface area (Å²) in [6, 6.07) is 18.2. The Balaban J connectivity index is 1.68. The van der Waals surface area contributed by atoms with Crippen LogP contribution in [0.1, 0.15) is 37.3 Å². The minimum absolute atomic E-state index is 0.170. The van der Waals surface area contributed by atoms with Gasteiger partial charge in [0, 0.05) is 6.04 Å². The number of para-hydroxylation sites is 1. The summed E-state index contributed by atoms with van der Waals surface area (Å²) >= 11 is 0. The van der Waals surface area contributed by atoms with Crippen LogP contribution in [0.15, 0.2) is 54.6 Å². The molecule has 1 aliphatic rings. The number of benzene rings is 2. The lowest BCUT2D eigenvalue weighted by atomic mass is 9.92. The molecule has 3 rings (SSSR count). The molecule has 0 spiro atoms. The smallest absolute Gasteiger partial charge is 0.127 e. The Kier molecular flexibility index (Phi) is 4.03. The van der Waals surface area contributed by atoms with E-state index in [9.17, 15) is 0 Å². The third-order valence-electron chi connectivity index (χ3n) is 4.15. The van der Waals surface area contributed by atoms with Gasteiger partial charge in [0.1, 0.15) is 11.5 Å². The van der Waals surface area contributed by atoms with Crippen molar-refractivity contribution in [1.82, 2.24) is 0 Å². The molecule has 0 heterocycles. The third kappa shape index (κ3) is 3.02. The summed E-state index contributed by atoms with van der Waals surface area (Å²) in [6.07, 6.45) is 5.19. The molecule has 2 N–H and O–H groups in total. The van der Waals surface area contributed by atoms with E-state index in [-0.39, 0.29) is 6.04 Å². The molecule has 1 fully saturated rings. The molecule has 0 saturated heterocycles. The summed E-state index contributed by atoms with van der Waals surface area (Å²) in [7, 11) is 0. The van der Waals surface area contributed by atoms with Crippen LogP contribution in [0.2, 0.25) is 0 Å². The van der Waals surface area contributed by atoms with Gasteiger partial charge < -0.3 is 10.5 Å². The Labute approximate surface area is 120 Å². The van der Waals surface area contributed by atoms with Gasteiger partial charge in [0.25, 0.3) is 0 Å². The lowest BCUT2D eigenvalue weighted by molar-refractivity contribution is 0.443. The molecule has 20 heavy (non-hydrogen) atoms. The van der Waals surface area contributed by atoms with Gasteiger partial charge in [-0.1, -0.05) is 43.2 Å². The van der Waals surface area contributed by atoms with Gasteiger partial charge in [-0.05, 0) is 48.6 Å². The summed E-state index contributed by atoms with van der Waals surface area (Å²) in [5.41, 5.74) is 7.58. The maximum Gasteiger partial charge on any atom is 0.127 e. The van der Waals surface area contributed by atoms with Gasteiger partial charge in [-0.25, -0.2) is 0 Å². The molecule has 0 radical (unpaired) electrons. The average Bonchev–Trinajstić information content (AvgIpc) is 3.03. The van der Waals surface area contributed by atoms with Crippen LogP contribution in [0.3, 0.4) is 0 Å². The lowest BCUT2D eigenvalue weighted by Gasteiger charge is -2.19. The van der Waals surface area contributed by atoms with E-state index < -0.39 is 0 Å². The molecule has 0 amide bonds. The number of hydrogen-bond donors (Lipinski definition) is 1. The van der Waals surface area contributed by atoms with E-state index in [1.54, 1.807) is 0 Å². The van der Waals surface area contributed by atoms with Crippen molar-refractivity contribution in [2.75, 3.05) is 0 Å². The van der Waals surface area contributed by atoms with Crippen LogP contribution in [0.5, 0.6) is 11.5 Å². The van der Waals surface area contributed by atoms with Crippen molar-refractivity contribution >= 4 is 0 Å². The summed E-state index contributed by atoms with van der Waals surface area (Å²) in [5.74, 6) is 2.37. The van der Waals surface area contributed by atoms with E-state index in [1.165, 1.54) is 31.2 Å². The van der Waals surface area contributed by atoms with Crippen LogP contribution in [0.25, 0.3) is 0 Å². The third-order valence-corrected chi connectivity index (χ3v) is 4.15. The predicted molar refractivity (Wildman–Crippen MR) is 81.8 cm³/mol. The van der Waals surface area contributed by atoms with Gasteiger partial charge >= 0.3 is 0 Å². The molecular weight excluding hydrogens is 246 g/mol. The Bertz CT molecular complexity index is 529. The molecule has 1 atom stereocenters. The molecule has 104 valence electrons. The second kappa shape index (κ2) is 6.10. The van der Waals surface area contributed by atoms with Crippen molar-refractivity contribution in [3.05, 3.63) is 60.2 Å². The SMILES string of the molecule is NC(c1ccc(Oc2ccccc2)cc1)C1CCCC1. The normalized spacial score (nSPS) is 17.1. The second-order valence-corrected chi connectivity index (χ2v) is 5.55. The molecule has 0 bridgehead atoms. The van der Waals surface area contributed by atoms with E-state index >= 15 is 0 Å². The van der Waals surface area contributed by atoms with Crippen LogP contribution in [0.4, 0.5) is 0 Å². The first kappa shape index (κ1) is 13.2. The topological polar surface area (TPSA) is 35.2 Å². The maximum atomic E-state index is 6.36. The Morgan fingerprint density at radius 1 is 0.850 bits per heavy atom. The molecule has 1 saturated carbocycles. The summed E-state index contributed by atoms with van der Waals surface area (Å²) < 4.78 is 5.80. The van der Waals surface area contributed by atoms with Gasteiger partial charge in [0.15, 0.2) is 0 Å². The zero-order valence-corrected chi connectivity index (χ0v) is 11.7. The Morgan fingerprint density at radius 2 is 1.45 bits per heavy atom. The van der Waals surface area contributed by atoms with E-state index in [1.807, 2.05) is 42.5 Å². The highest BCUT2D eigenvalue weighted by molar-refractivity contribution is 5.34. The van der Waals surface area contributed by atoms with Crippen molar-refractivity contribution < 1.29 is 4.74 Å². The second-order valence-electron chi connectivity index (χ2n) is 5.55. The monoisotopic (exact) mass is 267 g/mol. The highest BCUT2D eigenvalue weighted by Crippen LogP contribution is 2.34. The summed E-state index contributed by atoms with van der Waals surface area (Å²) in [4.78, 5) is 0. The summed E-state index contributed by atoms with van der Waals surface area (Å²) in [6.45, 7) is 0. The number of nitrogens with two attached hydrogens (primary N) is 1. The standard InChI is InChI=1S/C18H21NO/c19-18(14-6-4-5-7-14)15-10-12-17(13-11-15)20-16-8-2-1-3-9-16/h1-3,8-14,18H,4-7,19H2. The Morgan fingerprint density at radius 3 is 2.10 bits per heavy atom. The van der Waals surface area contributed by atoms with Crippen molar-refractivity contribution in [1.29, 1.82) is 0 Å². The van der Waals surface area contributed by atoms with Gasteiger partial charge in [-0.3, -0.25) is 0 Å². The zero-order valence-electron chi connectivity index (χ0n) is 11.7. The first-order chi connectivity index (χ1) is 9.83. The van der Waals surface area contributed by atoms with Gasteiger partial charge in [0.05, 0.1) is 0 Å². The highest BCUT2D eigenvalue weighted by Gasteiger charge is 2.23. The molecule has 2 heteroatoms.